The van der Waals surface area contributed by atoms with Crippen LogP contribution in [0.3, 0.4) is 0 Å². The van der Waals surface area contributed by atoms with Gasteiger partial charge in [-0.3, -0.25) is 0 Å². The third-order valence-electron chi connectivity index (χ3n) is 1.91. The minimum absolute atomic E-state index is 0.743. The van der Waals surface area contributed by atoms with E-state index < -0.39 is 0 Å². The van der Waals surface area contributed by atoms with E-state index in [9.17, 15) is 0 Å². The Morgan fingerprint density at radius 1 is 1.29 bits per heavy atom. The lowest BCUT2D eigenvalue weighted by Gasteiger charge is -2.07. The number of rotatable bonds is 7. The molecule has 0 saturated heterocycles. The van der Waals surface area contributed by atoms with Crippen molar-refractivity contribution in [1.29, 1.82) is 0 Å². The maximum Gasteiger partial charge on any atom is 0.0300 e. The van der Waals surface area contributed by atoms with Crippen LogP contribution in [0.4, 0.5) is 0 Å². The molecule has 1 aromatic heterocycles. The van der Waals surface area contributed by atoms with E-state index in [-0.39, 0.29) is 0 Å². The van der Waals surface area contributed by atoms with E-state index in [1.807, 2.05) is 11.3 Å². The first-order chi connectivity index (χ1) is 6.79. The third kappa shape index (κ3) is 5.37. The Labute approximate surface area is 90.7 Å². The minimum Gasteiger partial charge on any atom is -0.315 e. The second-order valence-corrected chi connectivity index (χ2v) is 4.89. The van der Waals surface area contributed by atoms with Crippen molar-refractivity contribution in [3.8, 4) is 0 Å². The molecule has 0 aliphatic carbocycles. The first-order valence-electron chi connectivity index (χ1n) is 5.23. The van der Waals surface area contributed by atoms with Crippen LogP contribution in [-0.4, -0.2) is 19.6 Å². The zero-order chi connectivity index (χ0) is 10.2. The molecule has 0 atom stereocenters. The van der Waals surface area contributed by atoms with Crippen LogP contribution >= 0.6 is 11.3 Å². The van der Waals surface area contributed by atoms with Gasteiger partial charge >= 0.3 is 0 Å². The highest BCUT2D eigenvalue weighted by atomic mass is 32.1. The van der Waals surface area contributed by atoms with Gasteiger partial charge in [0, 0.05) is 24.5 Å². The van der Waals surface area contributed by atoms with Crippen LogP contribution in [0.5, 0.6) is 0 Å². The Morgan fingerprint density at radius 2 is 2.07 bits per heavy atom. The summed E-state index contributed by atoms with van der Waals surface area (Å²) in [7, 11) is 0. The second-order valence-electron chi connectivity index (χ2n) is 3.85. The molecule has 2 N–H and O–H groups in total. The zero-order valence-electron chi connectivity index (χ0n) is 9.05. The smallest absolute Gasteiger partial charge is 0.0300 e. The Balaban J connectivity index is 1.90. The summed E-state index contributed by atoms with van der Waals surface area (Å²) < 4.78 is 0. The van der Waals surface area contributed by atoms with Crippen molar-refractivity contribution < 1.29 is 0 Å². The average molecular weight is 212 g/mol. The number of hydrogen-bond donors (Lipinski definition) is 2. The van der Waals surface area contributed by atoms with Gasteiger partial charge in [0.25, 0.3) is 0 Å². The Hall–Kier alpha value is -0.380. The van der Waals surface area contributed by atoms with Crippen LogP contribution in [0.25, 0.3) is 0 Å². The van der Waals surface area contributed by atoms with E-state index in [1.54, 1.807) is 0 Å². The van der Waals surface area contributed by atoms with Gasteiger partial charge in [0.05, 0.1) is 0 Å². The standard InChI is InChI=1S/C11H20N2S/c1-10(2)8-12-5-6-13-9-11-4-3-7-14-11/h3-4,7,10,12-13H,5-6,8-9H2,1-2H3. The molecule has 80 valence electrons. The number of thiophene rings is 1. The molecule has 0 amide bonds. The lowest BCUT2D eigenvalue weighted by atomic mass is 10.2. The van der Waals surface area contributed by atoms with Gasteiger partial charge in [0.1, 0.15) is 0 Å². The van der Waals surface area contributed by atoms with Crippen LogP contribution in [0, 0.1) is 5.92 Å². The largest absolute Gasteiger partial charge is 0.315 e. The van der Waals surface area contributed by atoms with Crippen LogP contribution < -0.4 is 10.6 Å². The number of nitrogens with one attached hydrogen (secondary N) is 2. The summed E-state index contributed by atoms with van der Waals surface area (Å²) in [5.41, 5.74) is 0. The van der Waals surface area contributed by atoms with Crippen molar-refractivity contribution in [3.63, 3.8) is 0 Å². The van der Waals surface area contributed by atoms with Crippen molar-refractivity contribution in [2.75, 3.05) is 19.6 Å². The van der Waals surface area contributed by atoms with E-state index in [4.69, 9.17) is 0 Å². The highest BCUT2D eigenvalue weighted by molar-refractivity contribution is 7.09. The maximum atomic E-state index is 3.41. The van der Waals surface area contributed by atoms with Crippen molar-refractivity contribution in [3.05, 3.63) is 22.4 Å². The van der Waals surface area contributed by atoms with E-state index >= 15 is 0 Å². The zero-order valence-corrected chi connectivity index (χ0v) is 9.86. The van der Waals surface area contributed by atoms with E-state index in [2.05, 4.69) is 42.0 Å². The summed E-state index contributed by atoms with van der Waals surface area (Å²) in [6.45, 7) is 8.67. The Kier molecular flexibility index (Phi) is 5.83. The molecule has 0 aromatic carbocycles. The molecule has 0 radical (unpaired) electrons. The molecule has 0 bridgehead atoms. The molecule has 0 unspecified atom stereocenters. The van der Waals surface area contributed by atoms with Crippen LogP contribution in [0.2, 0.25) is 0 Å². The van der Waals surface area contributed by atoms with Crippen LogP contribution in [0.15, 0.2) is 17.5 Å². The fourth-order valence-corrected chi connectivity index (χ4v) is 1.87. The first kappa shape index (κ1) is 11.7. The predicted octanol–water partition coefficient (Wildman–Crippen LogP) is 2.08. The monoisotopic (exact) mass is 212 g/mol. The Bertz CT molecular complexity index is 219. The Morgan fingerprint density at radius 3 is 2.71 bits per heavy atom. The van der Waals surface area contributed by atoms with Crippen molar-refractivity contribution >= 4 is 11.3 Å². The lowest BCUT2D eigenvalue weighted by Crippen LogP contribution is -2.29. The average Bonchev–Trinajstić information content (AvgIpc) is 2.63. The topological polar surface area (TPSA) is 24.1 Å². The third-order valence-corrected chi connectivity index (χ3v) is 2.79. The molecule has 14 heavy (non-hydrogen) atoms. The molecule has 0 aliphatic rings. The highest BCUT2D eigenvalue weighted by Crippen LogP contribution is 2.06. The van der Waals surface area contributed by atoms with Gasteiger partial charge in [-0.2, -0.15) is 0 Å². The van der Waals surface area contributed by atoms with Crippen LogP contribution in [-0.2, 0) is 6.54 Å². The van der Waals surface area contributed by atoms with Crippen LogP contribution in [0.1, 0.15) is 18.7 Å². The molecular formula is C11H20N2S. The molecule has 0 spiro atoms. The molecule has 0 fully saturated rings. The lowest BCUT2D eigenvalue weighted by molar-refractivity contribution is 0.536. The molecule has 1 aromatic rings. The van der Waals surface area contributed by atoms with Crippen molar-refractivity contribution in [1.82, 2.24) is 10.6 Å². The van der Waals surface area contributed by atoms with Gasteiger partial charge in [-0.1, -0.05) is 19.9 Å². The van der Waals surface area contributed by atoms with Gasteiger partial charge in [-0.15, -0.1) is 11.3 Å². The molecule has 0 aliphatic heterocycles. The fraction of sp³-hybridized carbons (Fsp3) is 0.636. The normalized spacial score (nSPS) is 11.1. The number of hydrogen-bond acceptors (Lipinski definition) is 3. The molecule has 2 nitrogen and oxygen atoms in total. The fourth-order valence-electron chi connectivity index (χ4n) is 1.19. The maximum absolute atomic E-state index is 3.41. The molecular weight excluding hydrogens is 192 g/mol. The second kappa shape index (κ2) is 6.98. The molecule has 0 saturated carbocycles. The summed E-state index contributed by atoms with van der Waals surface area (Å²) in [6.07, 6.45) is 0. The first-order valence-corrected chi connectivity index (χ1v) is 6.11. The van der Waals surface area contributed by atoms with Gasteiger partial charge < -0.3 is 10.6 Å². The minimum atomic E-state index is 0.743. The molecule has 3 heteroatoms. The SMILES string of the molecule is CC(C)CNCCNCc1cccs1. The molecule has 1 heterocycles. The van der Waals surface area contributed by atoms with Gasteiger partial charge in [-0.25, -0.2) is 0 Å². The van der Waals surface area contributed by atoms with E-state index in [1.165, 1.54) is 4.88 Å². The summed E-state index contributed by atoms with van der Waals surface area (Å²) in [5.74, 6) is 0.743. The van der Waals surface area contributed by atoms with E-state index in [0.717, 1.165) is 32.1 Å². The summed E-state index contributed by atoms with van der Waals surface area (Å²) >= 11 is 1.81. The predicted molar refractivity (Wildman–Crippen MR) is 63.7 cm³/mol. The highest BCUT2D eigenvalue weighted by Gasteiger charge is 1.93. The van der Waals surface area contributed by atoms with Crippen molar-refractivity contribution in [2.24, 2.45) is 5.92 Å². The van der Waals surface area contributed by atoms with Gasteiger partial charge in [-0.05, 0) is 23.9 Å². The van der Waals surface area contributed by atoms with Gasteiger partial charge in [0.15, 0.2) is 0 Å². The van der Waals surface area contributed by atoms with Gasteiger partial charge in [0.2, 0.25) is 0 Å². The van der Waals surface area contributed by atoms with E-state index in [0.29, 0.717) is 0 Å². The summed E-state index contributed by atoms with van der Waals surface area (Å²) in [5, 5.41) is 8.93. The quantitative estimate of drug-likeness (QED) is 0.676. The summed E-state index contributed by atoms with van der Waals surface area (Å²) in [6, 6.07) is 4.26. The van der Waals surface area contributed by atoms with Crippen molar-refractivity contribution in [2.45, 2.75) is 20.4 Å². The molecule has 1 rings (SSSR count). The summed E-state index contributed by atoms with van der Waals surface area (Å²) in [4.78, 5) is 1.41.